The highest BCUT2D eigenvalue weighted by Crippen LogP contribution is 2.28. The van der Waals surface area contributed by atoms with Gasteiger partial charge in [0, 0.05) is 6.20 Å². The number of nitrogens with zero attached hydrogens (tertiary/aromatic N) is 1. The predicted octanol–water partition coefficient (Wildman–Crippen LogP) is 2.93. The fraction of sp³-hybridized carbons (Fsp3) is 0.333. The predicted molar refractivity (Wildman–Crippen MR) is 51.9 cm³/mol. The first-order chi connectivity index (χ1) is 7.41. The van der Waals surface area contributed by atoms with Gasteiger partial charge in [-0.05, 0) is 19.1 Å². The van der Waals surface area contributed by atoms with Gasteiger partial charge in [0.1, 0.15) is 5.15 Å². The Balaban J connectivity index is 0.000000385. The van der Waals surface area contributed by atoms with Crippen molar-refractivity contribution in [3.05, 3.63) is 29.0 Å². The summed E-state index contributed by atoms with van der Waals surface area (Å²) in [5.41, 5.74) is -0.790. The summed E-state index contributed by atoms with van der Waals surface area (Å²) in [5, 5.41) is 0.0537. The van der Waals surface area contributed by atoms with E-state index in [2.05, 4.69) is 9.72 Å². The summed E-state index contributed by atoms with van der Waals surface area (Å²) in [6, 6.07) is 1.99. The van der Waals surface area contributed by atoms with E-state index in [1.54, 1.807) is 6.92 Å². The van der Waals surface area contributed by atoms with E-state index >= 15 is 0 Å². The van der Waals surface area contributed by atoms with Crippen LogP contribution in [0.1, 0.15) is 12.5 Å². The Kier molecular flexibility index (Phi) is 6.48. The van der Waals surface area contributed by atoms with Crippen LogP contribution in [-0.4, -0.2) is 18.1 Å². The van der Waals surface area contributed by atoms with E-state index in [0.717, 1.165) is 12.1 Å². The summed E-state index contributed by atoms with van der Waals surface area (Å²) in [7, 11) is 0. The van der Waals surface area contributed by atoms with Crippen molar-refractivity contribution >= 4 is 18.1 Å². The van der Waals surface area contributed by atoms with Gasteiger partial charge in [-0.2, -0.15) is 13.2 Å². The molecular weight excluding hydrogens is 247 g/mol. The van der Waals surface area contributed by atoms with Gasteiger partial charge in [0.15, 0.2) is 0 Å². The Morgan fingerprint density at radius 1 is 1.50 bits per heavy atom. The molecule has 0 aliphatic heterocycles. The summed E-state index contributed by atoms with van der Waals surface area (Å²) in [6.45, 7) is 2.66. The van der Waals surface area contributed by atoms with Gasteiger partial charge >= 0.3 is 6.18 Å². The average molecular weight is 256 g/mol. The summed E-state index contributed by atoms with van der Waals surface area (Å²) in [5.74, 6) is 0. The van der Waals surface area contributed by atoms with Crippen LogP contribution in [0.2, 0.25) is 5.15 Å². The van der Waals surface area contributed by atoms with Gasteiger partial charge in [-0.15, -0.1) is 0 Å². The number of rotatable bonds is 2. The van der Waals surface area contributed by atoms with E-state index in [4.69, 9.17) is 11.6 Å². The van der Waals surface area contributed by atoms with Crippen molar-refractivity contribution in [1.29, 1.82) is 0 Å². The molecule has 1 aromatic rings. The number of alkyl halides is 3. The monoisotopic (exact) mass is 255 g/mol. The second-order valence-electron chi connectivity index (χ2n) is 2.42. The SMILES string of the molecule is CCOC=O.FC(F)(F)c1ccc(Cl)nc1. The number of carbonyl (C=O) groups is 1. The lowest BCUT2D eigenvalue weighted by Crippen LogP contribution is -2.04. The van der Waals surface area contributed by atoms with Crippen LogP contribution < -0.4 is 0 Å². The van der Waals surface area contributed by atoms with Crippen LogP contribution in [0.25, 0.3) is 0 Å². The third-order valence-electron chi connectivity index (χ3n) is 1.29. The van der Waals surface area contributed by atoms with Crippen LogP contribution in [-0.2, 0) is 15.7 Å². The van der Waals surface area contributed by atoms with Gasteiger partial charge in [0.2, 0.25) is 0 Å². The molecule has 0 aliphatic rings. The van der Waals surface area contributed by atoms with Gasteiger partial charge in [-0.3, -0.25) is 4.79 Å². The van der Waals surface area contributed by atoms with Crippen molar-refractivity contribution in [3.63, 3.8) is 0 Å². The van der Waals surface area contributed by atoms with Crippen molar-refractivity contribution in [2.45, 2.75) is 13.1 Å². The standard InChI is InChI=1S/C6H3ClF3N.C3H6O2/c7-5-2-1-4(3-11-5)6(8,9)10;1-2-5-3-4/h1-3H;3H,2H2,1H3. The lowest BCUT2D eigenvalue weighted by molar-refractivity contribution is -0.137. The van der Waals surface area contributed by atoms with Crippen LogP contribution in [0.5, 0.6) is 0 Å². The van der Waals surface area contributed by atoms with Crippen LogP contribution in [0, 0.1) is 0 Å². The van der Waals surface area contributed by atoms with E-state index < -0.39 is 11.7 Å². The summed E-state index contributed by atoms with van der Waals surface area (Å²) < 4.78 is 39.7. The number of halogens is 4. The van der Waals surface area contributed by atoms with E-state index in [-0.39, 0.29) is 5.15 Å². The van der Waals surface area contributed by atoms with Gasteiger partial charge in [-0.25, -0.2) is 4.98 Å². The fourth-order valence-electron chi connectivity index (χ4n) is 0.612. The number of ether oxygens (including phenoxy) is 1. The first-order valence-electron chi connectivity index (χ1n) is 4.15. The molecule has 0 aromatic carbocycles. The van der Waals surface area contributed by atoms with Crippen molar-refractivity contribution in [1.82, 2.24) is 4.98 Å². The first kappa shape index (κ1) is 14.7. The number of aromatic nitrogens is 1. The summed E-state index contributed by atoms with van der Waals surface area (Å²) in [6.07, 6.45) is -3.64. The zero-order valence-corrected chi connectivity index (χ0v) is 9.05. The molecule has 0 aliphatic carbocycles. The lowest BCUT2D eigenvalue weighted by Gasteiger charge is -2.04. The molecule has 0 radical (unpaired) electrons. The van der Waals surface area contributed by atoms with Crippen molar-refractivity contribution in [2.75, 3.05) is 6.61 Å². The third kappa shape index (κ3) is 6.23. The molecule has 0 N–H and O–H groups in total. The van der Waals surface area contributed by atoms with Gasteiger partial charge in [-0.1, -0.05) is 11.6 Å². The fourth-order valence-corrected chi connectivity index (χ4v) is 0.723. The highest BCUT2D eigenvalue weighted by atomic mass is 35.5. The molecule has 0 bridgehead atoms. The zero-order chi connectivity index (χ0) is 12.6. The zero-order valence-electron chi connectivity index (χ0n) is 8.29. The molecule has 0 spiro atoms. The van der Waals surface area contributed by atoms with Crippen molar-refractivity contribution in [3.8, 4) is 0 Å². The van der Waals surface area contributed by atoms with Crippen molar-refractivity contribution < 1.29 is 22.7 Å². The van der Waals surface area contributed by atoms with E-state index in [0.29, 0.717) is 19.3 Å². The van der Waals surface area contributed by atoms with Crippen LogP contribution in [0.4, 0.5) is 13.2 Å². The van der Waals surface area contributed by atoms with Gasteiger partial charge in [0.25, 0.3) is 6.47 Å². The molecule has 0 atom stereocenters. The molecule has 16 heavy (non-hydrogen) atoms. The van der Waals surface area contributed by atoms with Crippen molar-refractivity contribution in [2.24, 2.45) is 0 Å². The molecule has 1 aromatic heterocycles. The Morgan fingerprint density at radius 3 is 2.38 bits per heavy atom. The van der Waals surface area contributed by atoms with Gasteiger partial charge < -0.3 is 4.74 Å². The summed E-state index contributed by atoms with van der Waals surface area (Å²) in [4.78, 5) is 12.5. The number of hydrogen-bond acceptors (Lipinski definition) is 3. The molecule has 90 valence electrons. The molecule has 1 heterocycles. The molecule has 0 fully saturated rings. The van der Waals surface area contributed by atoms with Gasteiger partial charge in [0.05, 0.1) is 12.2 Å². The van der Waals surface area contributed by atoms with Crippen LogP contribution in [0.15, 0.2) is 18.3 Å². The maximum atomic E-state index is 11.8. The second kappa shape index (κ2) is 7.05. The third-order valence-corrected chi connectivity index (χ3v) is 1.51. The molecule has 0 amide bonds. The number of hydrogen-bond donors (Lipinski definition) is 0. The molecule has 0 unspecified atom stereocenters. The second-order valence-corrected chi connectivity index (χ2v) is 2.81. The normalized spacial score (nSPS) is 10.1. The molecule has 7 heteroatoms. The highest BCUT2D eigenvalue weighted by Gasteiger charge is 2.30. The minimum absolute atomic E-state index is 0.0537. The Morgan fingerprint density at radius 2 is 2.12 bits per heavy atom. The number of pyridine rings is 1. The maximum Gasteiger partial charge on any atom is 0.417 e. The van der Waals surface area contributed by atoms with E-state index in [1.165, 1.54) is 0 Å². The molecule has 3 nitrogen and oxygen atoms in total. The van der Waals surface area contributed by atoms with Crippen LogP contribution in [0.3, 0.4) is 0 Å². The summed E-state index contributed by atoms with van der Waals surface area (Å²) >= 11 is 5.28. The minimum atomic E-state index is -4.34. The smallest absolute Gasteiger partial charge is 0.417 e. The molecule has 0 saturated carbocycles. The van der Waals surface area contributed by atoms with E-state index in [1.807, 2.05) is 0 Å². The Labute approximate surface area is 95.2 Å². The topological polar surface area (TPSA) is 39.2 Å². The molecular formula is C9H9ClF3NO2. The lowest BCUT2D eigenvalue weighted by atomic mass is 10.3. The molecule has 1 rings (SSSR count). The van der Waals surface area contributed by atoms with E-state index in [9.17, 15) is 18.0 Å². The average Bonchev–Trinajstić information content (AvgIpc) is 2.19. The number of carbonyl (C=O) groups excluding carboxylic acids is 1. The Hall–Kier alpha value is -1.30. The molecule has 0 saturated heterocycles. The highest BCUT2D eigenvalue weighted by molar-refractivity contribution is 6.29. The largest absolute Gasteiger partial charge is 0.468 e. The minimum Gasteiger partial charge on any atom is -0.468 e. The quantitative estimate of drug-likeness (QED) is 0.602. The first-order valence-corrected chi connectivity index (χ1v) is 4.53. The Bertz CT molecular complexity index is 314. The van der Waals surface area contributed by atoms with Crippen LogP contribution >= 0.6 is 11.6 Å². The maximum absolute atomic E-state index is 11.8.